The summed E-state index contributed by atoms with van der Waals surface area (Å²) in [4.78, 5) is 12.0. The molecule has 19 heavy (non-hydrogen) atoms. The number of aliphatic hydroxyl groups is 1. The van der Waals surface area contributed by atoms with Crippen molar-refractivity contribution in [2.45, 2.75) is 39.2 Å². The molecule has 0 spiro atoms. The zero-order chi connectivity index (χ0) is 14.7. The molecule has 3 unspecified atom stereocenters. The monoisotopic (exact) mass is 292 g/mol. The van der Waals surface area contributed by atoms with Gasteiger partial charge in [0.15, 0.2) is 5.60 Å². The van der Waals surface area contributed by atoms with Gasteiger partial charge in [0.25, 0.3) is 10.1 Å². The summed E-state index contributed by atoms with van der Waals surface area (Å²) in [6, 6.07) is 0. The van der Waals surface area contributed by atoms with Gasteiger partial charge in [-0.1, -0.05) is 20.8 Å². The molecule has 2 rings (SSSR count). The second kappa shape index (κ2) is 3.93. The highest BCUT2D eigenvalue weighted by Crippen LogP contribution is 2.79. The molecule has 2 N–H and O–H groups in total. The Morgan fingerprint density at radius 1 is 1.32 bits per heavy atom. The fourth-order valence-corrected chi connectivity index (χ4v) is 4.13. The lowest BCUT2D eigenvalue weighted by atomic mass is 9.87. The number of hydrogen-bond donors (Lipinski definition) is 2. The fraction of sp³-hybridized carbons (Fsp3) is 0.917. The van der Waals surface area contributed by atoms with Crippen molar-refractivity contribution in [2.75, 3.05) is 12.4 Å². The van der Waals surface area contributed by atoms with Gasteiger partial charge in [-0.25, -0.2) is 4.79 Å². The number of ether oxygens (including phenoxy) is 1. The summed E-state index contributed by atoms with van der Waals surface area (Å²) < 4.78 is 34.5. The summed E-state index contributed by atoms with van der Waals surface area (Å²) in [7, 11) is -4.16. The van der Waals surface area contributed by atoms with Crippen molar-refractivity contribution in [3.63, 3.8) is 0 Å². The quantitative estimate of drug-likeness (QED) is 0.581. The number of hydrogen-bond acceptors (Lipinski definition) is 5. The third-order valence-corrected chi connectivity index (χ3v) is 5.86. The lowest BCUT2D eigenvalue weighted by Gasteiger charge is -2.26. The van der Waals surface area contributed by atoms with E-state index in [1.54, 1.807) is 0 Å². The Morgan fingerprint density at radius 3 is 2.32 bits per heavy atom. The van der Waals surface area contributed by atoms with Crippen molar-refractivity contribution in [2.24, 2.45) is 16.7 Å². The van der Waals surface area contributed by atoms with Crippen LogP contribution in [0.3, 0.4) is 0 Å². The Bertz CT molecular complexity index is 510. The topological polar surface area (TPSA) is 101 Å². The molecule has 0 aliphatic heterocycles. The molecule has 2 aliphatic carbocycles. The second-order valence-corrected chi connectivity index (χ2v) is 7.99. The van der Waals surface area contributed by atoms with Crippen molar-refractivity contribution in [1.82, 2.24) is 0 Å². The summed E-state index contributed by atoms with van der Waals surface area (Å²) in [5.41, 5.74) is -1.72. The Morgan fingerprint density at radius 2 is 1.89 bits per heavy atom. The van der Waals surface area contributed by atoms with Crippen molar-refractivity contribution in [3.05, 3.63) is 0 Å². The van der Waals surface area contributed by atoms with E-state index in [0.29, 0.717) is 6.42 Å². The van der Waals surface area contributed by atoms with Gasteiger partial charge in [-0.3, -0.25) is 4.55 Å². The highest BCUT2D eigenvalue weighted by molar-refractivity contribution is 7.85. The van der Waals surface area contributed by atoms with Crippen LogP contribution in [0.5, 0.6) is 0 Å². The highest BCUT2D eigenvalue weighted by atomic mass is 32.2. The van der Waals surface area contributed by atoms with Crippen LogP contribution in [0.2, 0.25) is 0 Å². The number of esters is 1. The maximum Gasteiger partial charge on any atom is 0.338 e. The summed E-state index contributed by atoms with van der Waals surface area (Å²) >= 11 is 0. The van der Waals surface area contributed by atoms with Crippen molar-refractivity contribution in [3.8, 4) is 0 Å². The molecular formula is C12H20O6S. The van der Waals surface area contributed by atoms with Gasteiger partial charge >= 0.3 is 5.97 Å². The molecule has 0 radical (unpaired) electrons. The minimum Gasteiger partial charge on any atom is -0.462 e. The van der Waals surface area contributed by atoms with E-state index >= 15 is 0 Å². The molecule has 0 bridgehead atoms. The molecule has 7 heteroatoms. The van der Waals surface area contributed by atoms with E-state index in [-0.39, 0.29) is 16.7 Å². The van der Waals surface area contributed by atoms with Crippen LogP contribution in [0.4, 0.5) is 0 Å². The number of fused-ring (bicyclic) bond motifs is 1. The lowest BCUT2D eigenvalue weighted by molar-refractivity contribution is -0.168. The van der Waals surface area contributed by atoms with Gasteiger partial charge in [-0.2, -0.15) is 8.42 Å². The molecule has 0 heterocycles. The molecule has 2 fully saturated rings. The van der Waals surface area contributed by atoms with Crippen LogP contribution in [-0.4, -0.2) is 42.0 Å². The minimum absolute atomic E-state index is 0.0656. The molecule has 2 saturated carbocycles. The lowest BCUT2D eigenvalue weighted by Crippen LogP contribution is -2.42. The van der Waals surface area contributed by atoms with Crippen molar-refractivity contribution >= 4 is 16.1 Å². The van der Waals surface area contributed by atoms with Crippen molar-refractivity contribution in [1.29, 1.82) is 0 Å². The molecule has 2 aliphatic rings. The van der Waals surface area contributed by atoms with Crippen LogP contribution < -0.4 is 0 Å². The predicted molar refractivity (Wildman–Crippen MR) is 66.9 cm³/mol. The summed E-state index contributed by atoms with van der Waals surface area (Å²) in [5, 5.41) is 10.5. The zero-order valence-electron chi connectivity index (χ0n) is 11.3. The molecule has 3 atom stereocenters. The first kappa shape index (κ1) is 14.7. The van der Waals surface area contributed by atoms with E-state index < -0.39 is 34.0 Å². The van der Waals surface area contributed by atoms with Crippen LogP contribution >= 0.6 is 0 Å². The maximum atomic E-state index is 12.0. The van der Waals surface area contributed by atoms with Crippen LogP contribution in [0, 0.1) is 16.7 Å². The number of rotatable bonds is 4. The fourth-order valence-electron chi connectivity index (χ4n) is 3.84. The Kier molecular flexibility index (Phi) is 3.05. The highest BCUT2D eigenvalue weighted by Gasteiger charge is 2.80. The van der Waals surface area contributed by atoms with E-state index in [0.717, 1.165) is 6.42 Å². The first-order chi connectivity index (χ1) is 8.45. The first-order valence-electron chi connectivity index (χ1n) is 6.30. The molecule has 0 saturated heterocycles. The average Bonchev–Trinajstić information content (AvgIpc) is 2.53. The Hall–Kier alpha value is -0.660. The second-order valence-electron chi connectivity index (χ2n) is 6.42. The molecule has 0 amide bonds. The van der Waals surface area contributed by atoms with Gasteiger partial charge in [0.2, 0.25) is 0 Å². The number of carbonyl (C=O) groups excluding carboxylic acids is 1. The van der Waals surface area contributed by atoms with E-state index in [9.17, 15) is 18.3 Å². The largest absolute Gasteiger partial charge is 0.462 e. The van der Waals surface area contributed by atoms with Crippen LogP contribution in [-0.2, 0) is 19.6 Å². The average molecular weight is 292 g/mol. The van der Waals surface area contributed by atoms with Crippen LogP contribution in [0.25, 0.3) is 0 Å². The van der Waals surface area contributed by atoms with E-state index in [1.165, 1.54) is 0 Å². The normalized spacial score (nSPS) is 39.7. The SMILES string of the molecule is CC1(C)C2C(O)(C(=O)OCCS(=O)(=O)O)CCC21C. The molecular weight excluding hydrogens is 272 g/mol. The third-order valence-electron chi connectivity index (χ3n) is 5.18. The molecule has 0 aromatic heterocycles. The van der Waals surface area contributed by atoms with Crippen LogP contribution in [0.15, 0.2) is 0 Å². The predicted octanol–water partition coefficient (Wildman–Crippen LogP) is 0.605. The van der Waals surface area contributed by atoms with E-state index in [2.05, 4.69) is 0 Å². The standard InChI is InChI=1S/C12H20O6S/c1-10(2)8-11(10,3)4-5-12(8,14)9(13)18-6-7-19(15,16)17/h8,14H,4-7H2,1-3H3,(H,15,16,17). The van der Waals surface area contributed by atoms with Crippen molar-refractivity contribution < 1.29 is 27.6 Å². The Labute approximate surface area is 112 Å². The smallest absolute Gasteiger partial charge is 0.338 e. The van der Waals surface area contributed by atoms with Gasteiger partial charge in [-0.15, -0.1) is 0 Å². The summed E-state index contributed by atoms with van der Waals surface area (Å²) in [6.45, 7) is 5.62. The minimum atomic E-state index is -4.16. The van der Waals surface area contributed by atoms with E-state index in [4.69, 9.17) is 9.29 Å². The summed E-state index contributed by atoms with van der Waals surface area (Å²) in [5.74, 6) is -1.60. The Balaban J connectivity index is 2.01. The number of carbonyl (C=O) groups is 1. The third kappa shape index (κ3) is 2.08. The van der Waals surface area contributed by atoms with Gasteiger partial charge in [-0.05, 0) is 23.7 Å². The van der Waals surface area contributed by atoms with Gasteiger partial charge in [0.1, 0.15) is 12.4 Å². The molecule has 6 nitrogen and oxygen atoms in total. The molecule has 0 aromatic carbocycles. The molecule has 0 aromatic rings. The van der Waals surface area contributed by atoms with Gasteiger partial charge in [0, 0.05) is 5.92 Å². The van der Waals surface area contributed by atoms with E-state index in [1.807, 2.05) is 20.8 Å². The van der Waals surface area contributed by atoms with Gasteiger partial charge < -0.3 is 9.84 Å². The van der Waals surface area contributed by atoms with Gasteiger partial charge in [0.05, 0.1) is 0 Å². The zero-order valence-corrected chi connectivity index (χ0v) is 12.2. The summed E-state index contributed by atoms with van der Waals surface area (Å²) in [6.07, 6.45) is 1.08. The maximum absolute atomic E-state index is 12.0. The van der Waals surface area contributed by atoms with Crippen LogP contribution in [0.1, 0.15) is 33.6 Å². The molecule has 110 valence electrons. The first-order valence-corrected chi connectivity index (χ1v) is 7.91.